The van der Waals surface area contributed by atoms with Crippen LogP contribution in [0.2, 0.25) is 0 Å². The summed E-state index contributed by atoms with van der Waals surface area (Å²) in [5.41, 5.74) is 3.63. The lowest BCUT2D eigenvalue weighted by Gasteiger charge is -2.36. The van der Waals surface area contributed by atoms with Crippen molar-refractivity contribution >= 4 is 16.6 Å². The van der Waals surface area contributed by atoms with Gasteiger partial charge in [0.15, 0.2) is 5.43 Å². The highest BCUT2D eigenvalue weighted by Crippen LogP contribution is 2.21. The lowest BCUT2D eigenvalue weighted by molar-refractivity contribution is 0.247. The third kappa shape index (κ3) is 3.19. The molecule has 1 aromatic heterocycles. The minimum atomic E-state index is 0.0657. The lowest BCUT2D eigenvalue weighted by Crippen LogP contribution is -2.46. The van der Waals surface area contributed by atoms with E-state index in [1.54, 1.807) is 6.07 Å². The van der Waals surface area contributed by atoms with Crippen LogP contribution < -0.4 is 10.3 Å². The van der Waals surface area contributed by atoms with E-state index in [2.05, 4.69) is 20.9 Å². The minimum Gasteiger partial charge on any atom is -0.368 e. The standard InChI is InChI=1S/C21H20N4O/c22-14-16-5-1-4-8-20(16)25-11-9-24(10-12-25)15-17-13-21(26)18-6-2-3-7-19(18)23-17/h1-8,13H,9-12,15H2,(H,23,26). The van der Waals surface area contributed by atoms with E-state index in [0.717, 1.165) is 60.6 Å². The van der Waals surface area contributed by atoms with Gasteiger partial charge in [-0.25, -0.2) is 0 Å². The average Bonchev–Trinajstić information content (AvgIpc) is 2.69. The van der Waals surface area contributed by atoms with Crippen molar-refractivity contribution in [2.45, 2.75) is 6.54 Å². The van der Waals surface area contributed by atoms with Crippen LogP contribution in [0.1, 0.15) is 11.3 Å². The molecule has 5 nitrogen and oxygen atoms in total. The summed E-state index contributed by atoms with van der Waals surface area (Å²) in [7, 11) is 0. The molecule has 130 valence electrons. The number of hydrogen-bond acceptors (Lipinski definition) is 4. The van der Waals surface area contributed by atoms with E-state index in [0.29, 0.717) is 0 Å². The van der Waals surface area contributed by atoms with E-state index < -0.39 is 0 Å². The molecular weight excluding hydrogens is 324 g/mol. The maximum atomic E-state index is 12.3. The van der Waals surface area contributed by atoms with Gasteiger partial charge >= 0.3 is 0 Å². The Morgan fingerprint density at radius 1 is 1.00 bits per heavy atom. The Morgan fingerprint density at radius 3 is 2.54 bits per heavy atom. The molecule has 0 bridgehead atoms. The lowest BCUT2D eigenvalue weighted by atomic mass is 10.1. The molecule has 0 spiro atoms. The fourth-order valence-corrected chi connectivity index (χ4v) is 3.57. The second-order valence-corrected chi connectivity index (χ2v) is 6.60. The van der Waals surface area contributed by atoms with Crippen molar-refractivity contribution in [3.05, 3.63) is 76.1 Å². The molecule has 1 saturated heterocycles. The SMILES string of the molecule is N#Cc1ccccc1N1CCN(Cc2cc(=O)c3ccccc3[nH]2)CC1. The number of nitriles is 1. The van der Waals surface area contributed by atoms with Gasteiger partial charge in [0.25, 0.3) is 0 Å². The van der Waals surface area contributed by atoms with Crippen LogP contribution >= 0.6 is 0 Å². The van der Waals surface area contributed by atoms with E-state index in [-0.39, 0.29) is 5.43 Å². The van der Waals surface area contributed by atoms with Crippen molar-refractivity contribution in [2.24, 2.45) is 0 Å². The van der Waals surface area contributed by atoms with Gasteiger partial charge in [-0.05, 0) is 24.3 Å². The Hall–Kier alpha value is -3.10. The summed E-state index contributed by atoms with van der Waals surface area (Å²) in [4.78, 5) is 20.3. The molecule has 26 heavy (non-hydrogen) atoms. The number of nitrogens with one attached hydrogen (secondary N) is 1. The second kappa shape index (κ2) is 7.03. The normalized spacial score (nSPS) is 15.1. The number of anilines is 1. The molecular formula is C21H20N4O. The molecule has 0 saturated carbocycles. The highest BCUT2D eigenvalue weighted by atomic mass is 16.1. The van der Waals surface area contributed by atoms with Crippen LogP contribution in [0.25, 0.3) is 10.9 Å². The zero-order valence-corrected chi connectivity index (χ0v) is 14.5. The first-order valence-corrected chi connectivity index (χ1v) is 8.82. The molecule has 4 rings (SSSR count). The van der Waals surface area contributed by atoms with E-state index in [1.165, 1.54) is 0 Å². The molecule has 0 unspecified atom stereocenters. The van der Waals surface area contributed by atoms with Crippen LogP contribution in [-0.2, 0) is 6.54 Å². The zero-order valence-electron chi connectivity index (χ0n) is 14.5. The van der Waals surface area contributed by atoms with Gasteiger partial charge < -0.3 is 9.88 Å². The summed E-state index contributed by atoms with van der Waals surface area (Å²) in [6.07, 6.45) is 0. The first-order valence-electron chi connectivity index (χ1n) is 8.82. The topological polar surface area (TPSA) is 63.1 Å². The molecule has 0 amide bonds. The molecule has 3 aromatic rings. The third-order valence-corrected chi connectivity index (χ3v) is 4.92. The van der Waals surface area contributed by atoms with Crippen molar-refractivity contribution in [2.75, 3.05) is 31.1 Å². The van der Waals surface area contributed by atoms with Gasteiger partial charge in [-0.2, -0.15) is 5.26 Å². The highest BCUT2D eigenvalue weighted by molar-refractivity contribution is 5.78. The molecule has 1 fully saturated rings. The van der Waals surface area contributed by atoms with Crippen LogP contribution in [-0.4, -0.2) is 36.1 Å². The number of benzene rings is 2. The molecule has 2 aromatic carbocycles. The predicted molar refractivity (Wildman–Crippen MR) is 103 cm³/mol. The molecule has 0 radical (unpaired) electrons. The second-order valence-electron chi connectivity index (χ2n) is 6.60. The minimum absolute atomic E-state index is 0.0657. The Kier molecular flexibility index (Phi) is 4.42. The van der Waals surface area contributed by atoms with E-state index in [4.69, 9.17) is 0 Å². The van der Waals surface area contributed by atoms with Crippen LogP contribution in [0, 0.1) is 11.3 Å². The fourth-order valence-electron chi connectivity index (χ4n) is 3.57. The zero-order chi connectivity index (χ0) is 17.9. The first-order chi connectivity index (χ1) is 12.7. The molecule has 1 N–H and O–H groups in total. The summed E-state index contributed by atoms with van der Waals surface area (Å²) in [5.74, 6) is 0. The molecule has 0 atom stereocenters. The summed E-state index contributed by atoms with van der Waals surface area (Å²) in [5, 5.41) is 10.0. The smallest absolute Gasteiger partial charge is 0.189 e. The van der Waals surface area contributed by atoms with Crippen molar-refractivity contribution < 1.29 is 0 Å². The number of rotatable bonds is 3. The number of piperazine rings is 1. The highest BCUT2D eigenvalue weighted by Gasteiger charge is 2.19. The number of pyridine rings is 1. The number of aromatic amines is 1. The molecule has 1 aliphatic rings. The Bertz CT molecular complexity index is 1030. The van der Waals surface area contributed by atoms with Gasteiger partial charge in [-0.1, -0.05) is 24.3 Å². The maximum absolute atomic E-state index is 12.3. The van der Waals surface area contributed by atoms with Gasteiger partial charge in [-0.3, -0.25) is 9.69 Å². The van der Waals surface area contributed by atoms with E-state index in [9.17, 15) is 10.1 Å². The average molecular weight is 344 g/mol. The van der Waals surface area contributed by atoms with Gasteiger partial charge in [-0.15, -0.1) is 0 Å². The fraction of sp³-hybridized carbons (Fsp3) is 0.238. The van der Waals surface area contributed by atoms with Crippen LogP contribution in [0.3, 0.4) is 0 Å². The van der Waals surface area contributed by atoms with E-state index in [1.807, 2.05) is 48.5 Å². The number of aromatic nitrogens is 1. The number of para-hydroxylation sites is 2. The largest absolute Gasteiger partial charge is 0.368 e. The summed E-state index contributed by atoms with van der Waals surface area (Å²) in [6, 6.07) is 19.3. The van der Waals surface area contributed by atoms with Crippen molar-refractivity contribution in [1.82, 2.24) is 9.88 Å². The summed E-state index contributed by atoms with van der Waals surface area (Å²) < 4.78 is 0. The summed E-state index contributed by atoms with van der Waals surface area (Å²) >= 11 is 0. The number of nitrogens with zero attached hydrogens (tertiary/aromatic N) is 3. The van der Waals surface area contributed by atoms with Crippen molar-refractivity contribution in [3.63, 3.8) is 0 Å². The summed E-state index contributed by atoms with van der Waals surface area (Å²) in [6.45, 7) is 4.27. The van der Waals surface area contributed by atoms with Crippen molar-refractivity contribution in [3.8, 4) is 6.07 Å². The van der Waals surface area contributed by atoms with Gasteiger partial charge in [0, 0.05) is 55.4 Å². The maximum Gasteiger partial charge on any atom is 0.189 e. The molecule has 2 heterocycles. The Labute approximate surface area is 152 Å². The van der Waals surface area contributed by atoms with E-state index >= 15 is 0 Å². The quantitative estimate of drug-likeness (QED) is 0.793. The van der Waals surface area contributed by atoms with Gasteiger partial charge in [0.1, 0.15) is 6.07 Å². The number of fused-ring (bicyclic) bond motifs is 1. The van der Waals surface area contributed by atoms with Crippen LogP contribution in [0.15, 0.2) is 59.4 Å². The first kappa shape index (κ1) is 16.4. The predicted octanol–water partition coefficient (Wildman–Crippen LogP) is 2.72. The van der Waals surface area contributed by atoms with Crippen LogP contribution in [0.4, 0.5) is 5.69 Å². The number of H-pyrrole nitrogens is 1. The van der Waals surface area contributed by atoms with Gasteiger partial charge in [0.05, 0.1) is 11.3 Å². The Balaban J connectivity index is 1.46. The molecule has 1 aliphatic heterocycles. The van der Waals surface area contributed by atoms with Crippen LogP contribution in [0.5, 0.6) is 0 Å². The number of hydrogen-bond donors (Lipinski definition) is 1. The Morgan fingerprint density at radius 2 is 1.73 bits per heavy atom. The molecule has 0 aliphatic carbocycles. The monoisotopic (exact) mass is 344 g/mol. The third-order valence-electron chi connectivity index (χ3n) is 4.92. The molecule has 5 heteroatoms. The van der Waals surface area contributed by atoms with Crippen molar-refractivity contribution in [1.29, 1.82) is 5.26 Å². The van der Waals surface area contributed by atoms with Gasteiger partial charge in [0.2, 0.25) is 0 Å².